The van der Waals surface area contributed by atoms with Crippen LogP contribution in [0.4, 0.5) is 102 Å². The number of anilines is 18. The summed E-state index contributed by atoms with van der Waals surface area (Å²) in [6, 6.07) is 113. The van der Waals surface area contributed by atoms with Crippen molar-refractivity contribution in [2.45, 2.75) is 0 Å². The lowest BCUT2D eigenvalue weighted by Gasteiger charge is -2.48. The van der Waals surface area contributed by atoms with Gasteiger partial charge in [0, 0.05) is 66.7 Å². The van der Waals surface area contributed by atoms with E-state index in [1.165, 1.54) is 0 Å². The summed E-state index contributed by atoms with van der Waals surface area (Å²) in [5.74, 6) is 0. The first kappa shape index (κ1) is 51.5. The fraction of sp³-hybridized carbons (Fsp3) is 0. The second kappa shape index (κ2) is 20.4. The van der Waals surface area contributed by atoms with Gasteiger partial charge in [-0.25, -0.2) is 0 Å². The first-order chi connectivity index (χ1) is 43.5. The van der Waals surface area contributed by atoms with Crippen LogP contribution < -0.4 is 61.2 Å². The Balaban J connectivity index is 1.02. The van der Waals surface area contributed by atoms with E-state index in [-0.39, 0.29) is 0 Å². The topological polar surface area (TPSA) is 53.6 Å². The third-order valence-corrected chi connectivity index (χ3v) is 23.9. The molecule has 10 heteroatoms. The highest BCUT2D eigenvalue weighted by molar-refractivity contribution is 7.88. The van der Waals surface area contributed by atoms with Gasteiger partial charge in [-0.2, -0.15) is 0 Å². The van der Waals surface area contributed by atoms with Gasteiger partial charge < -0.3 is 38.5 Å². The largest absolute Gasteiger partial charge is 0.310 e. The lowest BCUT2D eigenvalue weighted by Crippen LogP contribution is -2.47. The van der Waals surface area contributed by atoms with Gasteiger partial charge in [-0.05, 0) is 158 Å². The van der Waals surface area contributed by atoms with Crippen LogP contribution >= 0.6 is 14.3 Å². The Kier molecular flexibility index (Phi) is 11.9. The standard InChI is InChI=1S/C78H54N6O2P2/c85-87-73-47-27-25-45-65(73)81(59-37-17-5-18-38-59)69-49-63(79(55-29-9-1-10-30-55)56-31-11-2-12-32-56)51-71(77(69)87)83(61-41-21-7-22-42-61)67-53-68-76(54-75(67)87)88(86)74-48-28-26-46-66(74)82(60-39-19-6-20-40-60)70-50-64(52-72(78(70)88)84(68)62-43-23-8-24-44-62)80(57-33-13-3-14-34-57)58-35-15-4-16-36-58/h1-54H. The summed E-state index contributed by atoms with van der Waals surface area (Å²) in [6.45, 7) is 0. The molecule has 0 saturated heterocycles. The summed E-state index contributed by atoms with van der Waals surface area (Å²) in [6.07, 6.45) is 0. The van der Waals surface area contributed by atoms with Gasteiger partial charge in [-0.15, -0.1) is 0 Å². The Hall–Kier alpha value is -10.9. The number of benzene rings is 13. The molecule has 0 aromatic heterocycles. The Morgan fingerprint density at radius 2 is 0.443 bits per heavy atom. The minimum Gasteiger partial charge on any atom is -0.310 e. The maximum Gasteiger partial charge on any atom is 0.179 e. The number of rotatable bonds is 10. The van der Waals surface area contributed by atoms with Crippen molar-refractivity contribution in [1.29, 1.82) is 0 Å². The van der Waals surface area contributed by atoms with E-state index in [0.29, 0.717) is 31.8 Å². The molecule has 0 radical (unpaired) electrons. The van der Waals surface area contributed by atoms with Gasteiger partial charge in [-0.3, -0.25) is 0 Å². The first-order valence-electron chi connectivity index (χ1n) is 29.6. The molecular formula is C78H54N6O2P2. The molecule has 4 heterocycles. The molecule has 0 spiro atoms. The molecular weight excluding hydrogens is 1110 g/mol. The summed E-state index contributed by atoms with van der Waals surface area (Å²) >= 11 is 0. The summed E-state index contributed by atoms with van der Waals surface area (Å²) in [4.78, 5) is 13.8. The second-order valence-corrected chi connectivity index (χ2v) is 27.6. The Bertz CT molecular complexity index is 4560. The summed E-state index contributed by atoms with van der Waals surface area (Å²) < 4.78 is 36.9. The van der Waals surface area contributed by atoms with Crippen LogP contribution in [-0.4, -0.2) is 0 Å². The van der Waals surface area contributed by atoms with Crippen molar-refractivity contribution >= 4 is 148 Å². The number of nitrogens with zero attached hydrogens (tertiary/aromatic N) is 6. The number of hydrogen-bond donors (Lipinski definition) is 0. The predicted octanol–water partition coefficient (Wildman–Crippen LogP) is 19.0. The van der Waals surface area contributed by atoms with Crippen LogP contribution in [0, 0.1) is 0 Å². The van der Waals surface area contributed by atoms with E-state index in [4.69, 9.17) is 0 Å². The number of hydrogen-bond acceptors (Lipinski definition) is 8. The maximum absolute atomic E-state index is 18.5. The molecule has 0 aliphatic carbocycles. The van der Waals surface area contributed by atoms with Gasteiger partial charge in [0.2, 0.25) is 0 Å². The van der Waals surface area contributed by atoms with E-state index >= 15 is 9.13 Å². The molecule has 0 amide bonds. The fourth-order valence-electron chi connectivity index (χ4n) is 13.9. The zero-order valence-electron chi connectivity index (χ0n) is 47.6. The third-order valence-electron chi connectivity index (χ3n) is 17.5. The van der Waals surface area contributed by atoms with Crippen molar-refractivity contribution < 1.29 is 9.13 Å². The third kappa shape index (κ3) is 7.73. The fourth-order valence-corrected chi connectivity index (χ4v) is 20.6. The Morgan fingerprint density at radius 3 is 0.727 bits per heavy atom. The van der Waals surface area contributed by atoms with Gasteiger partial charge >= 0.3 is 0 Å². The SMILES string of the molecule is O=P12c3ccccc3N(c3ccccc3)c3cc(N(c4ccccc4)c4ccccc4)cc(c31)N(c1ccccc1)c1cc3c(cc12)P1(=O)c2ccccc2N(c2ccccc2)c2cc(N(c4ccccc4)c4ccccc4)cc(c21)N3c1ccccc1. The van der Waals surface area contributed by atoms with Gasteiger partial charge in [-0.1, -0.05) is 170 Å². The number of para-hydroxylation sites is 10. The van der Waals surface area contributed by atoms with Crippen LogP contribution in [0.1, 0.15) is 0 Å². The molecule has 0 bridgehead atoms. The van der Waals surface area contributed by atoms with E-state index < -0.39 is 14.3 Å². The maximum atomic E-state index is 18.5. The van der Waals surface area contributed by atoms with E-state index in [1.807, 2.05) is 72.8 Å². The van der Waals surface area contributed by atoms with Crippen molar-refractivity contribution in [2.75, 3.05) is 29.4 Å². The smallest absolute Gasteiger partial charge is 0.179 e. The van der Waals surface area contributed by atoms with Crippen molar-refractivity contribution in [3.63, 3.8) is 0 Å². The Labute approximate surface area is 511 Å². The van der Waals surface area contributed by atoms with Crippen LogP contribution in [0.15, 0.2) is 328 Å². The van der Waals surface area contributed by atoms with Crippen LogP contribution in [0.3, 0.4) is 0 Å². The Morgan fingerprint density at radius 1 is 0.205 bits per heavy atom. The highest BCUT2D eigenvalue weighted by atomic mass is 31.2. The molecule has 13 aromatic carbocycles. The lowest BCUT2D eigenvalue weighted by molar-refractivity contribution is 0.592. The van der Waals surface area contributed by atoms with Crippen molar-refractivity contribution in [3.05, 3.63) is 328 Å². The summed E-state index contributed by atoms with van der Waals surface area (Å²) in [5.41, 5.74) is 15.5. The van der Waals surface area contributed by atoms with Crippen LogP contribution in [-0.2, 0) is 9.13 Å². The van der Waals surface area contributed by atoms with Gasteiger partial charge in [0.25, 0.3) is 0 Å². The minimum absolute atomic E-state index is 0.617. The molecule has 4 aliphatic heterocycles. The monoisotopic (exact) mass is 1170 g/mol. The van der Waals surface area contributed by atoms with E-state index in [2.05, 4.69) is 284 Å². The average Bonchev–Trinajstić information content (AvgIpc) is 0.778. The molecule has 13 aromatic rings. The van der Waals surface area contributed by atoms with Crippen LogP contribution in [0.5, 0.6) is 0 Å². The van der Waals surface area contributed by atoms with E-state index in [1.54, 1.807) is 0 Å². The van der Waals surface area contributed by atoms with Gasteiger partial charge in [0.1, 0.15) is 0 Å². The molecule has 4 aliphatic rings. The molecule has 0 saturated carbocycles. The normalized spacial score (nSPS) is 16.3. The number of fused-ring (bicyclic) bond motifs is 8. The van der Waals surface area contributed by atoms with Crippen LogP contribution in [0.25, 0.3) is 0 Å². The molecule has 2 unspecified atom stereocenters. The molecule has 17 rings (SSSR count). The molecule has 0 fully saturated rings. The lowest BCUT2D eigenvalue weighted by atomic mass is 10.1. The quantitative estimate of drug-likeness (QED) is 0.126. The zero-order valence-corrected chi connectivity index (χ0v) is 49.4. The summed E-state index contributed by atoms with van der Waals surface area (Å²) in [5, 5.41) is 4.06. The predicted molar refractivity (Wildman–Crippen MR) is 368 cm³/mol. The molecule has 8 nitrogen and oxygen atoms in total. The molecule has 418 valence electrons. The van der Waals surface area contributed by atoms with Crippen LogP contribution in [0.2, 0.25) is 0 Å². The zero-order chi connectivity index (χ0) is 58.5. The van der Waals surface area contributed by atoms with Gasteiger partial charge in [0.15, 0.2) is 14.3 Å². The van der Waals surface area contributed by atoms with Crippen molar-refractivity contribution in [2.24, 2.45) is 0 Å². The van der Waals surface area contributed by atoms with E-state index in [0.717, 1.165) is 102 Å². The average molecular weight is 1170 g/mol. The highest BCUT2D eigenvalue weighted by Gasteiger charge is 2.54. The summed E-state index contributed by atoms with van der Waals surface area (Å²) in [7, 11) is -8.00. The molecule has 2 atom stereocenters. The van der Waals surface area contributed by atoms with Crippen molar-refractivity contribution in [1.82, 2.24) is 0 Å². The molecule has 88 heavy (non-hydrogen) atoms. The van der Waals surface area contributed by atoms with E-state index in [9.17, 15) is 0 Å². The minimum atomic E-state index is -4.00. The first-order valence-corrected chi connectivity index (χ1v) is 33.0. The molecule has 0 N–H and O–H groups in total. The highest BCUT2D eigenvalue weighted by Crippen LogP contribution is 2.67. The van der Waals surface area contributed by atoms with Crippen molar-refractivity contribution in [3.8, 4) is 0 Å². The van der Waals surface area contributed by atoms with Gasteiger partial charge in [0.05, 0.1) is 67.5 Å². The second-order valence-electron chi connectivity index (χ2n) is 22.4.